The average Bonchev–Trinajstić information content (AvgIpc) is 2.28. The number of rotatable bonds is 6. The molecule has 1 aromatic carbocycles. The zero-order chi connectivity index (χ0) is 13.5. The Labute approximate surface area is 106 Å². The Balaban J connectivity index is 2.42. The van der Waals surface area contributed by atoms with Crippen molar-refractivity contribution in [1.82, 2.24) is 5.32 Å². The van der Waals surface area contributed by atoms with Crippen LogP contribution in [-0.2, 0) is 9.59 Å². The molecule has 5 heteroatoms. The van der Waals surface area contributed by atoms with E-state index in [-0.39, 0.29) is 18.9 Å². The number of carbonyl (C=O) groups excluding carboxylic acids is 1. The van der Waals surface area contributed by atoms with Crippen molar-refractivity contribution in [3.8, 4) is 5.75 Å². The number of carbonyl (C=O) groups is 2. The van der Waals surface area contributed by atoms with Gasteiger partial charge in [0.05, 0.1) is 6.42 Å². The lowest BCUT2D eigenvalue weighted by Crippen LogP contribution is -2.37. The molecule has 0 spiro atoms. The Morgan fingerprint density at radius 3 is 2.78 bits per heavy atom. The summed E-state index contributed by atoms with van der Waals surface area (Å²) in [6.07, 6.45) is -0.747. The van der Waals surface area contributed by atoms with Crippen LogP contribution in [0, 0.1) is 6.92 Å². The highest BCUT2D eigenvalue weighted by molar-refractivity contribution is 5.81. The fourth-order valence-corrected chi connectivity index (χ4v) is 1.38. The van der Waals surface area contributed by atoms with Gasteiger partial charge < -0.3 is 15.2 Å². The van der Waals surface area contributed by atoms with Crippen LogP contribution in [0.25, 0.3) is 0 Å². The van der Waals surface area contributed by atoms with Crippen molar-refractivity contribution in [3.05, 3.63) is 29.8 Å². The second-order valence-electron chi connectivity index (χ2n) is 4.01. The molecule has 0 radical (unpaired) electrons. The van der Waals surface area contributed by atoms with Crippen molar-refractivity contribution in [2.45, 2.75) is 26.4 Å². The number of benzene rings is 1. The van der Waals surface area contributed by atoms with E-state index in [1.807, 2.05) is 25.1 Å². The van der Waals surface area contributed by atoms with Gasteiger partial charge in [0.15, 0.2) is 6.10 Å². The minimum atomic E-state index is -0.942. The van der Waals surface area contributed by atoms with Gasteiger partial charge in [-0.1, -0.05) is 12.1 Å². The quantitative estimate of drug-likeness (QED) is 0.800. The number of ether oxygens (including phenoxy) is 1. The number of carboxylic acid groups (broad SMARTS) is 1. The van der Waals surface area contributed by atoms with Crippen LogP contribution in [0.3, 0.4) is 0 Å². The van der Waals surface area contributed by atoms with Crippen LogP contribution in [0.2, 0.25) is 0 Å². The van der Waals surface area contributed by atoms with E-state index < -0.39 is 12.1 Å². The lowest BCUT2D eigenvalue weighted by Gasteiger charge is -2.14. The summed E-state index contributed by atoms with van der Waals surface area (Å²) in [6, 6.07) is 7.39. The van der Waals surface area contributed by atoms with Crippen molar-refractivity contribution in [2.24, 2.45) is 0 Å². The lowest BCUT2D eigenvalue weighted by molar-refractivity contribution is -0.137. The largest absolute Gasteiger partial charge is 0.481 e. The first kappa shape index (κ1) is 14.0. The zero-order valence-electron chi connectivity index (χ0n) is 10.5. The van der Waals surface area contributed by atoms with E-state index >= 15 is 0 Å². The molecule has 0 aromatic heterocycles. The zero-order valence-corrected chi connectivity index (χ0v) is 10.5. The van der Waals surface area contributed by atoms with E-state index in [0.717, 1.165) is 5.56 Å². The van der Waals surface area contributed by atoms with E-state index in [0.29, 0.717) is 5.75 Å². The Kier molecular flexibility index (Phi) is 5.17. The SMILES string of the molecule is Cc1cccc(OC(C)C(=O)NCCC(=O)O)c1. The third-order valence-electron chi connectivity index (χ3n) is 2.31. The van der Waals surface area contributed by atoms with Crippen LogP contribution in [0.1, 0.15) is 18.9 Å². The Hall–Kier alpha value is -2.04. The molecule has 0 fully saturated rings. The number of aliphatic carboxylic acids is 1. The van der Waals surface area contributed by atoms with Gasteiger partial charge in [0.1, 0.15) is 5.75 Å². The van der Waals surface area contributed by atoms with Gasteiger partial charge in [-0.15, -0.1) is 0 Å². The molecule has 1 unspecified atom stereocenters. The number of carboxylic acids is 1. The number of nitrogens with one attached hydrogen (secondary N) is 1. The van der Waals surface area contributed by atoms with Crippen LogP contribution in [-0.4, -0.2) is 29.6 Å². The minimum absolute atomic E-state index is 0.0943. The number of aryl methyl sites for hydroxylation is 1. The maximum Gasteiger partial charge on any atom is 0.305 e. The predicted octanol–water partition coefficient (Wildman–Crippen LogP) is 1.35. The van der Waals surface area contributed by atoms with E-state index in [4.69, 9.17) is 9.84 Å². The third-order valence-corrected chi connectivity index (χ3v) is 2.31. The molecule has 0 saturated heterocycles. The van der Waals surface area contributed by atoms with Crippen molar-refractivity contribution in [2.75, 3.05) is 6.54 Å². The smallest absolute Gasteiger partial charge is 0.305 e. The summed E-state index contributed by atoms with van der Waals surface area (Å²) in [5.41, 5.74) is 1.05. The second-order valence-corrected chi connectivity index (χ2v) is 4.01. The van der Waals surface area contributed by atoms with Gasteiger partial charge >= 0.3 is 5.97 Å². The predicted molar refractivity (Wildman–Crippen MR) is 66.5 cm³/mol. The van der Waals surface area contributed by atoms with E-state index in [9.17, 15) is 9.59 Å². The van der Waals surface area contributed by atoms with Gasteiger partial charge in [0, 0.05) is 6.54 Å². The second kappa shape index (κ2) is 6.64. The highest BCUT2D eigenvalue weighted by atomic mass is 16.5. The van der Waals surface area contributed by atoms with Crippen LogP contribution >= 0.6 is 0 Å². The Morgan fingerprint density at radius 1 is 1.44 bits per heavy atom. The Morgan fingerprint density at radius 2 is 2.17 bits per heavy atom. The van der Waals surface area contributed by atoms with Gasteiger partial charge in [-0.05, 0) is 31.5 Å². The average molecular weight is 251 g/mol. The molecule has 0 aliphatic rings. The summed E-state index contributed by atoms with van der Waals surface area (Å²) < 4.78 is 5.46. The summed E-state index contributed by atoms with van der Waals surface area (Å²) in [7, 11) is 0. The first-order valence-electron chi connectivity index (χ1n) is 5.72. The standard InChI is InChI=1S/C13H17NO4/c1-9-4-3-5-11(8-9)18-10(2)13(17)14-7-6-12(15)16/h3-5,8,10H,6-7H2,1-2H3,(H,14,17)(H,15,16). The number of amides is 1. The molecule has 1 amide bonds. The van der Waals surface area contributed by atoms with Crippen LogP contribution in [0.5, 0.6) is 5.75 Å². The highest BCUT2D eigenvalue weighted by Gasteiger charge is 2.14. The Bertz CT molecular complexity index is 431. The molecule has 0 bridgehead atoms. The summed E-state index contributed by atoms with van der Waals surface area (Å²) in [5.74, 6) is -0.642. The highest BCUT2D eigenvalue weighted by Crippen LogP contribution is 2.14. The van der Waals surface area contributed by atoms with Crippen molar-refractivity contribution >= 4 is 11.9 Å². The molecule has 1 atom stereocenters. The molecule has 98 valence electrons. The molecule has 0 aliphatic heterocycles. The molecular formula is C13H17NO4. The first-order valence-corrected chi connectivity index (χ1v) is 5.72. The molecule has 0 saturated carbocycles. The normalized spacial score (nSPS) is 11.7. The molecule has 0 heterocycles. The van der Waals surface area contributed by atoms with E-state index in [2.05, 4.69) is 5.32 Å². The first-order chi connectivity index (χ1) is 8.49. The summed E-state index contributed by atoms with van der Waals surface area (Å²) in [6.45, 7) is 3.67. The molecule has 5 nitrogen and oxygen atoms in total. The van der Waals surface area contributed by atoms with Crippen molar-refractivity contribution in [3.63, 3.8) is 0 Å². The van der Waals surface area contributed by atoms with Crippen LogP contribution in [0.15, 0.2) is 24.3 Å². The van der Waals surface area contributed by atoms with Crippen molar-refractivity contribution in [1.29, 1.82) is 0 Å². The maximum atomic E-state index is 11.6. The minimum Gasteiger partial charge on any atom is -0.481 e. The molecule has 0 aliphatic carbocycles. The van der Waals surface area contributed by atoms with Gasteiger partial charge in [-0.3, -0.25) is 9.59 Å². The van der Waals surface area contributed by atoms with Gasteiger partial charge in [-0.2, -0.15) is 0 Å². The molecule has 18 heavy (non-hydrogen) atoms. The van der Waals surface area contributed by atoms with Gasteiger partial charge in [0.25, 0.3) is 5.91 Å². The van der Waals surface area contributed by atoms with Crippen LogP contribution < -0.4 is 10.1 Å². The summed E-state index contributed by atoms with van der Waals surface area (Å²) in [5, 5.41) is 11.0. The topological polar surface area (TPSA) is 75.6 Å². The third kappa shape index (κ3) is 4.86. The number of hydrogen-bond donors (Lipinski definition) is 2. The number of hydrogen-bond acceptors (Lipinski definition) is 3. The lowest BCUT2D eigenvalue weighted by atomic mass is 10.2. The fourth-order valence-electron chi connectivity index (χ4n) is 1.38. The van der Waals surface area contributed by atoms with Gasteiger partial charge in [0.2, 0.25) is 0 Å². The van der Waals surface area contributed by atoms with E-state index in [1.165, 1.54) is 0 Å². The molecule has 2 N–H and O–H groups in total. The molecular weight excluding hydrogens is 234 g/mol. The summed E-state index contributed by atoms with van der Waals surface area (Å²) in [4.78, 5) is 21.9. The van der Waals surface area contributed by atoms with E-state index in [1.54, 1.807) is 13.0 Å². The maximum absolute atomic E-state index is 11.6. The van der Waals surface area contributed by atoms with Gasteiger partial charge in [-0.25, -0.2) is 0 Å². The molecule has 1 aromatic rings. The van der Waals surface area contributed by atoms with Crippen molar-refractivity contribution < 1.29 is 19.4 Å². The fraction of sp³-hybridized carbons (Fsp3) is 0.385. The monoisotopic (exact) mass is 251 g/mol. The molecule has 1 rings (SSSR count). The van der Waals surface area contributed by atoms with Crippen LogP contribution in [0.4, 0.5) is 0 Å². The summed E-state index contributed by atoms with van der Waals surface area (Å²) >= 11 is 0.